The fourth-order valence-corrected chi connectivity index (χ4v) is 4.95. The number of thioether (sulfide) groups is 1. The third-order valence-electron chi connectivity index (χ3n) is 6.50. The molecule has 0 saturated carbocycles. The SMILES string of the molecule is CSCCC(NC(=O)C(CS)NC(=O)C(N)Cc1ccc(O)cc1)C(=O)NC(Cc1c[nH]c2ccccc12)C(=O)O. The molecule has 4 unspecified atom stereocenters. The number of fused-ring (bicyclic) bond motifs is 1. The summed E-state index contributed by atoms with van der Waals surface area (Å²) in [5.41, 5.74) is 8.34. The van der Waals surface area contributed by atoms with E-state index < -0.39 is 47.9 Å². The van der Waals surface area contributed by atoms with Gasteiger partial charge in [-0.2, -0.15) is 24.4 Å². The lowest BCUT2D eigenvalue weighted by atomic mass is 10.0. The molecule has 0 fully saturated rings. The monoisotopic (exact) mass is 601 g/mol. The van der Waals surface area contributed by atoms with Gasteiger partial charge in [0.25, 0.3) is 0 Å². The molecule has 4 atom stereocenters. The minimum absolute atomic E-state index is 0.0442. The highest BCUT2D eigenvalue weighted by Crippen LogP contribution is 2.19. The smallest absolute Gasteiger partial charge is 0.326 e. The van der Waals surface area contributed by atoms with Gasteiger partial charge in [-0.1, -0.05) is 30.3 Å². The molecule has 3 rings (SSSR count). The Labute approximate surface area is 247 Å². The summed E-state index contributed by atoms with van der Waals surface area (Å²) in [5, 5.41) is 27.9. The number of aliphatic carboxylic acids is 1. The molecule has 1 heterocycles. The number of carboxylic acids is 1. The highest BCUT2D eigenvalue weighted by Gasteiger charge is 2.30. The van der Waals surface area contributed by atoms with E-state index in [0.717, 1.165) is 22.0 Å². The van der Waals surface area contributed by atoms with Crippen molar-refractivity contribution in [1.29, 1.82) is 0 Å². The number of nitrogens with one attached hydrogen (secondary N) is 4. The second-order valence-corrected chi connectivity index (χ2v) is 10.9. The second-order valence-electron chi connectivity index (χ2n) is 9.53. The summed E-state index contributed by atoms with van der Waals surface area (Å²) in [6, 6.07) is 9.39. The van der Waals surface area contributed by atoms with Gasteiger partial charge in [0.15, 0.2) is 0 Å². The van der Waals surface area contributed by atoms with Gasteiger partial charge < -0.3 is 36.9 Å². The lowest BCUT2D eigenvalue weighted by Crippen LogP contribution is -2.58. The maximum atomic E-state index is 13.2. The number of carboxylic acid groups (broad SMARTS) is 1. The number of para-hydroxylation sites is 1. The summed E-state index contributed by atoms with van der Waals surface area (Å²) in [6.45, 7) is 0. The average molecular weight is 602 g/mol. The van der Waals surface area contributed by atoms with E-state index in [4.69, 9.17) is 5.73 Å². The molecule has 11 nitrogen and oxygen atoms in total. The number of nitrogens with two attached hydrogens (primary N) is 1. The van der Waals surface area contributed by atoms with Gasteiger partial charge in [-0.15, -0.1) is 0 Å². The van der Waals surface area contributed by atoms with Gasteiger partial charge in [0.1, 0.15) is 23.9 Å². The van der Waals surface area contributed by atoms with Gasteiger partial charge in [0.05, 0.1) is 6.04 Å². The maximum Gasteiger partial charge on any atom is 0.326 e. The Hall–Kier alpha value is -3.68. The lowest BCUT2D eigenvalue weighted by Gasteiger charge is -2.24. The summed E-state index contributed by atoms with van der Waals surface area (Å²) in [5.74, 6) is -2.52. The van der Waals surface area contributed by atoms with Crippen LogP contribution in [0, 0.1) is 0 Å². The Morgan fingerprint density at radius 1 is 0.927 bits per heavy atom. The van der Waals surface area contributed by atoms with E-state index in [-0.39, 0.29) is 30.8 Å². The molecule has 13 heteroatoms. The van der Waals surface area contributed by atoms with Gasteiger partial charge >= 0.3 is 5.97 Å². The number of phenolic OH excluding ortho intramolecular Hbond substituents is 1. The second kappa shape index (κ2) is 15.4. The number of hydrogen-bond acceptors (Lipinski definition) is 8. The standard InChI is InChI=1S/C28H35N5O6S2/c1-41-11-10-22(26(36)32-23(28(38)39)13-17-14-30-21-5-3-2-4-19(17)21)31-27(37)24(15-40)33-25(35)20(29)12-16-6-8-18(34)9-7-16/h2-9,14,20,22-24,30,34,40H,10-13,15,29H2,1H3,(H,31,37)(H,32,36)(H,33,35)(H,38,39). The zero-order valence-corrected chi connectivity index (χ0v) is 24.2. The Kier molecular flexibility index (Phi) is 11.9. The van der Waals surface area contributed by atoms with Gasteiger partial charge in [0.2, 0.25) is 17.7 Å². The average Bonchev–Trinajstić information content (AvgIpc) is 3.37. The minimum atomic E-state index is -1.23. The number of thiol groups is 1. The van der Waals surface area contributed by atoms with Gasteiger partial charge in [-0.3, -0.25) is 14.4 Å². The van der Waals surface area contributed by atoms with E-state index in [9.17, 15) is 29.4 Å². The summed E-state index contributed by atoms with van der Waals surface area (Å²) in [4.78, 5) is 54.1. The number of carbonyl (C=O) groups is 4. The molecule has 0 aliphatic heterocycles. The van der Waals surface area contributed by atoms with Crippen molar-refractivity contribution < 1.29 is 29.4 Å². The molecule has 0 aliphatic rings. The topological polar surface area (TPSA) is 187 Å². The molecule has 220 valence electrons. The first-order valence-corrected chi connectivity index (χ1v) is 15.0. The Balaban J connectivity index is 1.64. The zero-order valence-electron chi connectivity index (χ0n) is 22.5. The molecule has 0 radical (unpaired) electrons. The van der Waals surface area contributed by atoms with Gasteiger partial charge in [-0.05, 0) is 54.2 Å². The van der Waals surface area contributed by atoms with E-state index >= 15 is 0 Å². The normalized spacial score (nSPS) is 14.0. The first-order chi connectivity index (χ1) is 19.6. The van der Waals surface area contributed by atoms with E-state index in [0.29, 0.717) is 5.75 Å². The molecule has 41 heavy (non-hydrogen) atoms. The Morgan fingerprint density at radius 2 is 1.56 bits per heavy atom. The van der Waals surface area contributed by atoms with Crippen LogP contribution >= 0.6 is 24.4 Å². The van der Waals surface area contributed by atoms with Crippen LogP contribution in [0.25, 0.3) is 10.9 Å². The van der Waals surface area contributed by atoms with Crippen LogP contribution in [0.4, 0.5) is 0 Å². The summed E-state index contributed by atoms with van der Waals surface area (Å²) >= 11 is 5.65. The Bertz CT molecular complexity index is 1350. The van der Waals surface area contributed by atoms with Crippen LogP contribution in [0.2, 0.25) is 0 Å². The van der Waals surface area contributed by atoms with Crippen molar-refractivity contribution in [2.24, 2.45) is 5.73 Å². The molecule has 3 aromatic rings. The van der Waals surface area contributed by atoms with Crippen LogP contribution in [0.15, 0.2) is 54.7 Å². The largest absolute Gasteiger partial charge is 0.508 e. The van der Waals surface area contributed by atoms with Crippen molar-refractivity contribution >= 4 is 59.0 Å². The predicted octanol–water partition coefficient (Wildman–Crippen LogP) is 1.21. The minimum Gasteiger partial charge on any atom is -0.508 e. The molecular weight excluding hydrogens is 566 g/mol. The lowest BCUT2D eigenvalue weighted by molar-refractivity contribution is -0.142. The molecular formula is C28H35N5O6S2. The number of aromatic amines is 1. The van der Waals surface area contributed by atoms with Crippen molar-refractivity contribution in [3.05, 3.63) is 65.9 Å². The number of aromatic hydroxyl groups is 1. The van der Waals surface area contributed by atoms with Crippen LogP contribution in [-0.2, 0) is 32.0 Å². The number of rotatable bonds is 15. The third kappa shape index (κ3) is 9.17. The molecule has 0 spiro atoms. The molecule has 2 aromatic carbocycles. The van der Waals surface area contributed by atoms with Crippen LogP contribution in [-0.4, -0.2) is 80.8 Å². The number of amides is 3. The highest BCUT2D eigenvalue weighted by molar-refractivity contribution is 7.98. The van der Waals surface area contributed by atoms with Crippen LogP contribution in [0.5, 0.6) is 5.75 Å². The third-order valence-corrected chi connectivity index (χ3v) is 7.51. The number of benzene rings is 2. The van der Waals surface area contributed by atoms with Crippen LogP contribution in [0.3, 0.4) is 0 Å². The summed E-state index contributed by atoms with van der Waals surface area (Å²) < 4.78 is 0. The first kappa shape index (κ1) is 31.8. The van der Waals surface area contributed by atoms with E-state index in [1.165, 1.54) is 23.9 Å². The highest BCUT2D eigenvalue weighted by atomic mass is 32.2. The number of H-pyrrole nitrogens is 1. The van der Waals surface area contributed by atoms with Crippen LogP contribution < -0.4 is 21.7 Å². The fourth-order valence-electron chi connectivity index (χ4n) is 4.22. The van der Waals surface area contributed by atoms with E-state index in [1.54, 1.807) is 18.3 Å². The van der Waals surface area contributed by atoms with Crippen molar-refractivity contribution in [3.8, 4) is 5.75 Å². The molecule has 3 amide bonds. The summed E-state index contributed by atoms with van der Waals surface area (Å²) in [6.07, 6.45) is 4.03. The number of carbonyl (C=O) groups excluding carboxylic acids is 3. The molecule has 8 N–H and O–H groups in total. The fraction of sp³-hybridized carbons (Fsp3) is 0.357. The van der Waals surface area contributed by atoms with E-state index in [1.807, 2.05) is 30.5 Å². The molecule has 0 bridgehead atoms. The van der Waals surface area contributed by atoms with Crippen molar-refractivity contribution in [1.82, 2.24) is 20.9 Å². The molecule has 0 aliphatic carbocycles. The Morgan fingerprint density at radius 3 is 2.22 bits per heavy atom. The predicted molar refractivity (Wildman–Crippen MR) is 162 cm³/mol. The van der Waals surface area contributed by atoms with E-state index in [2.05, 4.69) is 33.6 Å². The maximum absolute atomic E-state index is 13.2. The van der Waals surface area contributed by atoms with Crippen LogP contribution in [0.1, 0.15) is 17.5 Å². The van der Waals surface area contributed by atoms with Gasteiger partial charge in [0, 0.05) is 29.3 Å². The zero-order chi connectivity index (χ0) is 29.9. The van der Waals surface area contributed by atoms with Crippen molar-refractivity contribution in [2.75, 3.05) is 17.8 Å². The first-order valence-electron chi connectivity index (χ1n) is 12.9. The van der Waals surface area contributed by atoms with Crippen molar-refractivity contribution in [2.45, 2.75) is 43.4 Å². The quantitative estimate of drug-likeness (QED) is 0.119. The number of hydrogen-bond donors (Lipinski definition) is 8. The van der Waals surface area contributed by atoms with Gasteiger partial charge in [-0.25, -0.2) is 4.79 Å². The molecule has 1 aromatic heterocycles. The van der Waals surface area contributed by atoms with Crippen molar-refractivity contribution in [3.63, 3.8) is 0 Å². The number of aromatic nitrogens is 1. The summed E-state index contributed by atoms with van der Waals surface area (Å²) in [7, 11) is 0. The number of phenols is 1. The molecule has 0 saturated heterocycles.